The van der Waals surface area contributed by atoms with E-state index < -0.39 is 0 Å². The number of rotatable bonds is 3. The fraction of sp³-hybridized carbons (Fsp3) is 1.00. The third-order valence-electron chi connectivity index (χ3n) is 4.12. The van der Waals surface area contributed by atoms with E-state index in [0.29, 0.717) is 0 Å². The third-order valence-corrected chi connectivity index (χ3v) is 4.12. The number of hydrogen-bond donors (Lipinski definition) is 1. The smallest absolute Gasteiger partial charge is 0.00792 e. The highest BCUT2D eigenvalue weighted by Crippen LogP contribution is 2.18. The molecule has 1 N–H and O–H groups in total. The fourth-order valence-corrected chi connectivity index (χ4v) is 2.98. The van der Waals surface area contributed by atoms with Gasteiger partial charge in [0.1, 0.15) is 0 Å². The van der Waals surface area contributed by atoms with Gasteiger partial charge >= 0.3 is 0 Å². The second-order valence-corrected chi connectivity index (χ2v) is 5.32. The minimum absolute atomic E-state index is 0.813. The van der Waals surface area contributed by atoms with Gasteiger partial charge in [0.25, 0.3) is 0 Å². The van der Waals surface area contributed by atoms with Crippen molar-refractivity contribution in [1.29, 1.82) is 0 Å². The standard InChI is InChI=1S/C13H26N2/c1-12-6-3-5-10-15(12)11-8-13-7-2-4-9-14-13/h12-14H,2-11H2,1H3/t12-,13+/m1/s1. The van der Waals surface area contributed by atoms with E-state index in [0.717, 1.165) is 12.1 Å². The molecule has 2 fully saturated rings. The zero-order valence-corrected chi connectivity index (χ0v) is 10.2. The molecule has 0 spiro atoms. The van der Waals surface area contributed by atoms with Crippen LogP contribution in [0.15, 0.2) is 0 Å². The van der Waals surface area contributed by atoms with E-state index in [4.69, 9.17) is 0 Å². The first-order chi connectivity index (χ1) is 7.36. The van der Waals surface area contributed by atoms with Crippen LogP contribution in [0.4, 0.5) is 0 Å². The molecule has 0 amide bonds. The molecule has 2 rings (SSSR count). The highest BCUT2D eigenvalue weighted by Gasteiger charge is 2.19. The average Bonchev–Trinajstić information content (AvgIpc) is 2.29. The Bertz CT molecular complexity index is 175. The van der Waals surface area contributed by atoms with Crippen LogP contribution in [0.25, 0.3) is 0 Å². The van der Waals surface area contributed by atoms with Gasteiger partial charge in [0, 0.05) is 12.1 Å². The zero-order chi connectivity index (χ0) is 10.5. The lowest BCUT2D eigenvalue weighted by molar-refractivity contribution is 0.150. The molecule has 0 radical (unpaired) electrons. The molecule has 0 aromatic heterocycles. The predicted molar refractivity (Wildman–Crippen MR) is 65.1 cm³/mol. The van der Waals surface area contributed by atoms with Crippen LogP contribution in [0, 0.1) is 0 Å². The van der Waals surface area contributed by atoms with E-state index in [2.05, 4.69) is 17.1 Å². The summed E-state index contributed by atoms with van der Waals surface area (Å²) in [5.74, 6) is 0. The Morgan fingerprint density at radius 2 is 2.00 bits per heavy atom. The molecular weight excluding hydrogens is 184 g/mol. The number of nitrogens with zero attached hydrogens (tertiary/aromatic N) is 1. The molecular formula is C13H26N2. The van der Waals surface area contributed by atoms with E-state index in [-0.39, 0.29) is 0 Å². The minimum Gasteiger partial charge on any atom is -0.314 e. The molecule has 2 nitrogen and oxygen atoms in total. The van der Waals surface area contributed by atoms with Crippen molar-refractivity contribution in [3.8, 4) is 0 Å². The van der Waals surface area contributed by atoms with Gasteiger partial charge in [-0.25, -0.2) is 0 Å². The number of nitrogens with one attached hydrogen (secondary N) is 1. The highest BCUT2D eigenvalue weighted by molar-refractivity contribution is 4.77. The van der Waals surface area contributed by atoms with Crippen molar-refractivity contribution < 1.29 is 0 Å². The third kappa shape index (κ3) is 3.46. The van der Waals surface area contributed by atoms with E-state index in [9.17, 15) is 0 Å². The number of hydrogen-bond acceptors (Lipinski definition) is 2. The van der Waals surface area contributed by atoms with E-state index >= 15 is 0 Å². The second-order valence-electron chi connectivity index (χ2n) is 5.32. The van der Waals surface area contributed by atoms with Gasteiger partial charge in [-0.1, -0.05) is 12.8 Å². The summed E-state index contributed by atoms with van der Waals surface area (Å²) < 4.78 is 0. The Morgan fingerprint density at radius 1 is 1.13 bits per heavy atom. The average molecular weight is 210 g/mol. The normalized spacial score (nSPS) is 34.2. The summed E-state index contributed by atoms with van der Waals surface area (Å²) in [4.78, 5) is 2.69. The van der Waals surface area contributed by atoms with Crippen LogP contribution in [0.3, 0.4) is 0 Å². The lowest BCUT2D eigenvalue weighted by Crippen LogP contribution is -2.42. The lowest BCUT2D eigenvalue weighted by atomic mass is 9.99. The number of likely N-dealkylation sites (tertiary alicyclic amines) is 1. The van der Waals surface area contributed by atoms with E-state index in [1.807, 2.05) is 0 Å². The SMILES string of the molecule is C[C@@H]1CCCCN1CC[C@@H]1CCCCN1. The van der Waals surface area contributed by atoms with Gasteiger partial charge in [-0.05, 0) is 58.7 Å². The summed E-state index contributed by atoms with van der Waals surface area (Å²) in [6.45, 7) is 6.31. The van der Waals surface area contributed by atoms with E-state index in [1.54, 1.807) is 0 Å². The Hall–Kier alpha value is -0.0800. The molecule has 0 unspecified atom stereocenters. The van der Waals surface area contributed by atoms with Crippen LogP contribution in [0.1, 0.15) is 51.9 Å². The van der Waals surface area contributed by atoms with Gasteiger partial charge in [0.05, 0.1) is 0 Å². The monoisotopic (exact) mass is 210 g/mol. The quantitative estimate of drug-likeness (QED) is 0.769. The van der Waals surface area contributed by atoms with Crippen LogP contribution in [0.5, 0.6) is 0 Å². The summed E-state index contributed by atoms with van der Waals surface area (Å²) in [6, 6.07) is 1.65. The maximum Gasteiger partial charge on any atom is 0.00792 e. The van der Waals surface area contributed by atoms with Crippen molar-refractivity contribution >= 4 is 0 Å². The summed E-state index contributed by atoms with van der Waals surface area (Å²) >= 11 is 0. The van der Waals surface area contributed by atoms with Gasteiger partial charge in [0.2, 0.25) is 0 Å². The molecule has 2 heterocycles. The largest absolute Gasteiger partial charge is 0.314 e. The summed E-state index contributed by atoms with van der Waals surface area (Å²) in [5.41, 5.74) is 0. The Labute approximate surface area is 94.4 Å². The lowest BCUT2D eigenvalue weighted by Gasteiger charge is -2.35. The van der Waals surface area contributed by atoms with Gasteiger partial charge in [-0.15, -0.1) is 0 Å². The van der Waals surface area contributed by atoms with Crippen LogP contribution in [-0.2, 0) is 0 Å². The molecule has 88 valence electrons. The Balaban J connectivity index is 1.67. The zero-order valence-electron chi connectivity index (χ0n) is 10.2. The molecule has 15 heavy (non-hydrogen) atoms. The van der Waals surface area contributed by atoms with Crippen LogP contribution in [0.2, 0.25) is 0 Å². The van der Waals surface area contributed by atoms with E-state index in [1.165, 1.54) is 64.6 Å². The first kappa shape index (κ1) is 11.4. The van der Waals surface area contributed by atoms with Crippen molar-refractivity contribution in [2.24, 2.45) is 0 Å². The molecule has 0 bridgehead atoms. The predicted octanol–water partition coefficient (Wildman–Crippen LogP) is 2.39. The van der Waals surface area contributed by atoms with Gasteiger partial charge in [-0.2, -0.15) is 0 Å². The molecule has 0 aromatic carbocycles. The van der Waals surface area contributed by atoms with Crippen LogP contribution >= 0.6 is 0 Å². The summed E-state index contributed by atoms with van der Waals surface area (Å²) in [6.07, 6.45) is 9.87. The summed E-state index contributed by atoms with van der Waals surface area (Å²) in [5, 5.41) is 3.65. The Morgan fingerprint density at radius 3 is 2.73 bits per heavy atom. The maximum absolute atomic E-state index is 3.65. The molecule has 0 aliphatic carbocycles. The minimum atomic E-state index is 0.813. The first-order valence-electron chi connectivity index (χ1n) is 6.83. The highest BCUT2D eigenvalue weighted by atomic mass is 15.2. The topological polar surface area (TPSA) is 15.3 Å². The maximum atomic E-state index is 3.65. The van der Waals surface area contributed by atoms with Crippen LogP contribution < -0.4 is 5.32 Å². The second kappa shape index (κ2) is 5.86. The van der Waals surface area contributed by atoms with Crippen molar-refractivity contribution in [3.63, 3.8) is 0 Å². The van der Waals surface area contributed by atoms with Crippen molar-refractivity contribution in [1.82, 2.24) is 10.2 Å². The van der Waals surface area contributed by atoms with Gasteiger partial charge in [0.15, 0.2) is 0 Å². The molecule has 2 atom stereocenters. The van der Waals surface area contributed by atoms with Gasteiger partial charge < -0.3 is 10.2 Å². The van der Waals surface area contributed by atoms with Crippen molar-refractivity contribution in [3.05, 3.63) is 0 Å². The van der Waals surface area contributed by atoms with Crippen molar-refractivity contribution in [2.75, 3.05) is 19.6 Å². The molecule has 2 saturated heterocycles. The fourth-order valence-electron chi connectivity index (χ4n) is 2.98. The first-order valence-corrected chi connectivity index (χ1v) is 6.83. The molecule has 0 saturated carbocycles. The molecule has 2 heteroatoms. The Kier molecular flexibility index (Phi) is 4.45. The van der Waals surface area contributed by atoms with Gasteiger partial charge in [-0.3, -0.25) is 0 Å². The molecule has 2 aliphatic heterocycles. The van der Waals surface area contributed by atoms with Crippen LogP contribution in [-0.4, -0.2) is 36.6 Å². The summed E-state index contributed by atoms with van der Waals surface area (Å²) in [7, 11) is 0. The number of piperidine rings is 2. The van der Waals surface area contributed by atoms with Crippen molar-refractivity contribution in [2.45, 2.75) is 64.0 Å². The molecule has 0 aromatic rings. The molecule has 2 aliphatic rings.